The van der Waals surface area contributed by atoms with Gasteiger partial charge in [0.15, 0.2) is 5.82 Å². The highest BCUT2D eigenvalue weighted by Crippen LogP contribution is 2.29. The number of amides is 2. The van der Waals surface area contributed by atoms with Gasteiger partial charge in [0.05, 0.1) is 15.7 Å². The lowest BCUT2D eigenvalue weighted by molar-refractivity contribution is 0.191. The summed E-state index contributed by atoms with van der Waals surface area (Å²) in [5.41, 5.74) is 0.00487. The molecule has 2 N–H and O–H groups in total. The molecule has 0 bridgehead atoms. The molecule has 1 aliphatic rings. The van der Waals surface area contributed by atoms with Crippen LogP contribution in [-0.4, -0.2) is 39.2 Å². The van der Waals surface area contributed by atoms with E-state index in [1.54, 1.807) is 4.90 Å². The Morgan fingerprint density at radius 2 is 2.17 bits per heavy atom. The fraction of sp³-hybridized carbons (Fsp3) is 0.400. The average Bonchev–Trinajstić information content (AvgIpc) is 2.99. The van der Waals surface area contributed by atoms with E-state index >= 15 is 0 Å². The predicted molar refractivity (Wildman–Crippen MR) is 90.1 cm³/mol. The number of hydrogen-bond donors (Lipinski definition) is 2. The normalized spacial score (nSPS) is 17.8. The first kappa shape index (κ1) is 17.0. The van der Waals surface area contributed by atoms with Crippen molar-refractivity contribution in [1.29, 1.82) is 0 Å². The molecule has 1 unspecified atom stereocenters. The minimum atomic E-state index is -0.629. The molecule has 2 amide bonds. The SMILES string of the molecule is Cc1nc(C2CCCN(C(=O)Nc3cc(Cl)c(Cl)cc3F)C2)n[nH]1. The van der Waals surface area contributed by atoms with Crippen LogP contribution < -0.4 is 5.32 Å². The van der Waals surface area contributed by atoms with Crippen molar-refractivity contribution in [2.75, 3.05) is 18.4 Å². The molecule has 2 aromatic rings. The zero-order chi connectivity index (χ0) is 17.3. The highest BCUT2D eigenvalue weighted by molar-refractivity contribution is 6.42. The molecule has 3 rings (SSSR count). The van der Waals surface area contributed by atoms with E-state index in [4.69, 9.17) is 23.2 Å². The number of urea groups is 1. The number of nitrogens with one attached hydrogen (secondary N) is 2. The molecule has 1 aliphatic heterocycles. The molecule has 1 saturated heterocycles. The Kier molecular flexibility index (Phi) is 4.91. The summed E-state index contributed by atoms with van der Waals surface area (Å²) in [6.07, 6.45) is 1.73. The minimum absolute atomic E-state index is 0.00487. The van der Waals surface area contributed by atoms with Crippen LogP contribution in [0.1, 0.15) is 30.4 Å². The number of aromatic amines is 1. The molecule has 0 spiro atoms. The van der Waals surface area contributed by atoms with Crippen molar-refractivity contribution in [3.8, 4) is 0 Å². The standard InChI is InChI=1S/C15H16Cl2FN5O/c1-8-19-14(22-21-8)9-3-2-4-23(7-9)15(24)20-13-6-11(17)10(16)5-12(13)18/h5-6,9H,2-4,7H2,1H3,(H,20,24)(H,19,21,22). The predicted octanol–water partition coefficient (Wildman–Crippen LogP) is 3.97. The Morgan fingerprint density at radius 1 is 1.42 bits per heavy atom. The van der Waals surface area contributed by atoms with Gasteiger partial charge in [-0.3, -0.25) is 5.10 Å². The number of rotatable bonds is 2. The van der Waals surface area contributed by atoms with Crippen LogP contribution in [0.4, 0.5) is 14.9 Å². The lowest BCUT2D eigenvalue weighted by atomic mass is 9.98. The van der Waals surface area contributed by atoms with Crippen LogP contribution in [0.5, 0.6) is 0 Å². The molecule has 0 radical (unpaired) electrons. The maximum atomic E-state index is 13.9. The summed E-state index contributed by atoms with van der Waals surface area (Å²) in [5, 5.41) is 9.81. The van der Waals surface area contributed by atoms with Gasteiger partial charge in [-0.25, -0.2) is 14.2 Å². The van der Waals surface area contributed by atoms with Crippen molar-refractivity contribution in [3.05, 3.63) is 39.6 Å². The van der Waals surface area contributed by atoms with E-state index in [1.807, 2.05) is 6.92 Å². The largest absolute Gasteiger partial charge is 0.324 e. The van der Waals surface area contributed by atoms with E-state index in [9.17, 15) is 9.18 Å². The van der Waals surface area contributed by atoms with Crippen molar-refractivity contribution in [1.82, 2.24) is 20.1 Å². The first-order chi connectivity index (χ1) is 11.4. The quantitative estimate of drug-likeness (QED) is 0.784. The molecular weight excluding hydrogens is 356 g/mol. The molecule has 1 fully saturated rings. The third-order valence-electron chi connectivity index (χ3n) is 3.94. The van der Waals surface area contributed by atoms with Crippen LogP contribution in [0.2, 0.25) is 10.0 Å². The van der Waals surface area contributed by atoms with Crippen molar-refractivity contribution in [2.24, 2.45) is 0 Å². The fourth-order valence-corrected chi connectivity index (χ4v) is 3.04. The number of carbonyl (C=O) groups is 1. The molecule has 0 aliphatic carbocycles. The van der Waals surface area contributed by atoms with Gasteiger partial charge in [-0.05, 0) is 31.9 Å². The summed E-state index contributed by atoms with van der Waals surface area (Å²) in [6, 6.07) is 2.00. The number of anilines is 1. The smallest absolute Gasteiger partial charge is 0.321 e. The van der Waals surface area contributed by atoms with Gasteiger partial charge in [-0.1, -0.05) is 23.2 Å². The van der Waals surface area contributed by atoms with Crippen LogP contribution in [0.3, 0.4) is 0 Å². The van der Waals surface area contributed by atoms with Crippen LogP contribution in [0.15, 0.2) is 12.1 Å². The van der Waals surface area contributed by atoms with Crippen molar-refractivity contribution in [3.63, 3.8) is 0 Å². The van der Waals surface area contributed by atoms with Gasteiger partial charge in [0, 0.05) is 19.0 Å². The lowest BCUT2D eigenvalue weighted by Gasteiger charge is -2.31. The topological polar surface area (TPSA) is 73.9 Å². The molecule has 0 saturated carbocycles. The van der Waals surface area contributed by atoms with E-state index in [0.29, 0.717) is 18.9 Å². The monoisotopic (exact) mass is 371 g/mol. The van der Waals surface area contributed by atoms with E-state index < -0.39 is 5.82 Å². The molecule has 128 valence electrons. The number of aromatic nitrogens is 3. The first-order valence-electron chi connectivity index (χ1n) is 7.53. The Balaban J connectivity index is 1.70. The van der Waals surface area contributed by atoms with Gasteiger partial charge >= 0.3 is 6.03 Å². The summed E-state index contributed by atoms with van der Waals surface area (Å²) in [7, 11) is 0. The Bertz CT molecular complexity index is 766. The van der Waals surface area contributed by atoms with Gasteiger partial charge < -0.3 is 10.2 Å². The zero-order valence-electron chi connectivity index (χ0n) is 12.9. The number of nitrogens with zero attached hydrogens (tertiary/aromatic N) is 3. The average molecular weight is 372 g/mol. The van der Waals surface area contributed by atoms with Gasteiger partial charge in [0.1, 0.15) is 11.6 Å². The summed E-state index contributed by atoms with van der Waals surface area (Å²) in [4.78, 5) is 18.4. The number of carbonyl (C=O) groups excluding carboxylic acids is 1. The van der Waals surface area contributed by atoms with Crippen molar-refractivity contribution in [2.45, 2.75) is 25.7 Å². The second-order valence-corrected chi connectivity index (χ2v) is 6.55. The second-order valence-electron chi connectivity index (χ2n) is 5.74. The van der Waals surface area contributed by atoms with E-state index in [2.05, 4.69) is 20.5 Å². The van der Waals surface area contributed by atoms with Crippen LogP contribution in [0, 0.1) is 12.7 Å². The molecule has 24 heavy (non-hydrogen) atoms. The van der Waals surface area contributed by atoms with E-state index in [0.717, 1.165) is 24.7 Å². The highest BCUT2D eigenvalue weighted by atomic mass is 35.5. The van der Waals surface area contributed by atoms with Crippen molar-refractivity contribution < 1.29 is 9.18 Å². The summed E-state index contributed by atoms with van der Waals surface area (Å²) in [6.45, 7) is 2.90. The van der Waals surface area contributed by atoms with Crippen LogP contribution in [-0.2, 0) is 0 Å². The molecule has 9 heteroatoms. The molecular formula is C15H16Cl2FN5O. The van der Waals surface area contributed by atoms with Gasteiger partial charge in [0.25, 0.3) is 0 Å². The van der Waals surface area contributed by atoms with E-state index in [-0.39, 0.29) is 27.7 Å². The third-order valence-corrected chi connectivity index (χ3v) is 4.66. The maximum Gasteiger partial charge on any atom is 0.321 e. The second kappa shape index (κ2) is 6.94. The van der Waals surface area contributed by atoms with Gasteiger partial charge in [-0.15, -0.1) is 0 Å². The number of halogens is 3. The Labute approximate surface area is 148 Å². The van der Waals surface area contributed by atoms with Gasteiger partial charge in [-0.2, -0.15) is 5.10 Å². The number of piperidine rings is 1. The number of hydrogen-bond acceptors (Lipinski definition) is 3. The Morgan fingerprint density at radius 3 is 2.88 bits per heavy atom. The summed E-state index contributed by atoms with van der Waals surface area (Å²) < 4.78 is 13.9. The number of benzene rings is 1. The molecule has 1 aromatic carbocycles. The molecule has 1 aromatic heterocycles. The fourth-order valence-electron chi connectivity index (χ4n) is 2.73. The van der Waals surface area contributed by atoms with Crippen LogP contribution >= 0.6 is 23.2 Å². The summed E-state index contributed by atoms with van der Waals surface area (Å²) in [5.74, 6) is 0.874. The molecule has 6 nitrogen and oxygen atoms in total. The zero-order valence-corrected chi connectivity index (χ0v) is 14.5. The lowest BCUT2D eigenvalue weighted by Crippen LogP contribution is -2.42. The van der Waals surface area contributed by atoms with Crippen molar-refractivity contribution >= 4 is 34.9 Å². The molecule has 2 heterocycles. The Hall–Kier alpha value is -1.86. The first-order valence-corrected chi connectivity index (χ1v) is 8.29. The van der Waals surface area contributed by atoms with E-state index in [1.165, 1.54) is 6.07 Å². The summed E-state index contributed by atoms with van der Waals surface area (Å²) >= 11 is 11.6. The molecule has 1 atom stereocenters. The number of H-pyrrole nitrogens is 1. The third kappa shape index (κ3) is 3.62. The maximum absolute atomic E-state index is 13.9. The van der Waals surface area contributed by atoms with Crippen LogP contribution in [0.25, 0.3) is 0 Å². The number of likely N-dealkylation sites (tertiary alicyclic amines) is 1. The minimum Gasteiger partial charge on any atom is -0.324 e. The number of aryl methyl sites for hydroxylation is 1. The highest BCUT2D eigenvalue weighted by Gasteiger charge is 2.27. The van der Waals surface area contributed by atoms with Gasteiger partial charge in [0.2, 0.25) is 0 Å².